The van der Waals surface area contributed by atoms with Crippen LogP contribution in [0.3, 0.4) is 0 Å². The summed E-state index contributed by atoms with van der Waals surface area (Å²) < 4.78 is 0. The Morgan fingerprint density at radius 1 is 1.56 bits per heavy atom. The minimum atomic E-state index is -0.471. The molecule has 1 fully saturated rings. The molecule has 5 nitrogen and oxygen atoms in total. The molecule has 0 spiro atoms. The summed E-state index contributed by atoms with van der Waals surface area (Å²) in [7, 11) is 1.71. The van der Waals surface area contributed by atoms with E-state index >= 15 is 0 Å². The Morgan fingerprint density at radius 3 is 2.89 bits per heavy atom. The number of nitrogens with zero attached hydrogens (tertiary/aromatic N) is 1. The summed E-state index contributed by atoms with van der Waals surface area (Å²) >= 11 is 5.82. The van der Waals surface area contributed by atoms with E-state index in [0.29, 0.717) is 29.2 Å². The highest BCUT2D eigenvalue weighted by Gasteiger charge is 2.30. The van der Waals surface area contributed by atoms with Crippen LogP contribution < -0.4 is 11.1 Å². The number of likely N-dealkylation sites (tertiary alicyclic amines) is 1. The second-order valence-electron chi connectivity index (χ2n) is 4.31. The van der Waals surface area contributed by atoms with Crippen LogP contribution in [-0.2, 0) is 4.79 Å². The third-order valence-electron chi connectivity index (χ3n) is 2.99. The highest BCUT2D eigenvalue weighted by atomic mass is 35.5. The first-order valence-electron chi connectivity index (χ1n) is 5.60. The van der Waals surface area contributed by atoms with E-state index < -0.39 is 6.04 Å². The molecule has 0 bridgehead atoms. The maximum absolute atomic E-state index is 12.0. The lowest BCUT2D eigenvalue weighted by molar-refractivity contribution is -0.128. The fraction of sp³-hybridized carbons (Fsp3) is 0.333. The van der Waals surface area contributed by atoms with E-state index in [0.717, 1.165) is 0 Å². The molecule has 1 aliphatic heterocycles. The SMILES string of the molecule is CN1CCC(NC(=O)c2cc(Cl)ccc2N)C1=O. The molecule has 1 unspecified atom stereocenters. The van der Waals surface area contributed by atoms with Crippen molar-refractivity contribution in [2.24, 2.45) is 0 Å². The van der Waals surface area contributed by atoms with Crippen LogP contribution in [0.4, 0.5) is 5.69 Å². The van der Waals surface area contributed by atoms with Crippen molar-refractivity contribution >= 4 is 29.1 Å². The molecule has 96 valence electrons. The molecule has 0 saturated carbocycles. The standard InChI is InChI=1S/C12H14ClN3O2/c1-16-5-4-10(12(16)18)15-11(17)8-6-7(13)2-3-9(8)14/h2-3,6,10H,4-5,14H2,1H3,(H,15,17). The number of nitrogen functional groups attached to an aromatic ring is 1. The number of carbonyl (C=O) groups excluding carboxylic acids is 2. The summed E-state index contributed by atoms with van der Waals surface area (Å²) in [6, 6.07) is 4.21. The normalized spacial score (nSPS) is 19.1. The van der Waals surface area contributed by atoms with E-state index in [1.807, 2.05) is 0 Å². The second kappa shape index (κ2) is 4.86. The zero-order valence-electron chi connectivity index (χ0n) is 9.94. The smallest absolute Gasteiger partial charge is 0.254 e. The molecular weight excluding hydrogens is 254 g/mol. The van der Waals surface area contributed by atoms with Crippen LogP contribution in [0.1, 0.15) is 16.8 Å². The number of hydrogen-bond donors (Lipinski definition) is 2. The van der Waals surface area contributed by atoms with Crippen molar-refractivity contribution in [2.45, 2.75) is 12.5 Å². The number of hydrogen-bond acceptors (Lipinski definition) is 3. The first kappa shape index (κ1) is 12.7. The number of nitrogens with one attached hydrogen (secondary N) is 1. The molecule has 1 aromatic carbocycles. The zero-order chi connectivity index (χ0) is 13.3. The summed E-state index contributed by atoms with van der Waals surface area (Å²) in [6.45, 7) is 0.648. The second-order valence-corrected chi connectivity index (χ2v) is 4.74. The third kappa shape index (κ3) is 2.41. The maximum Gasteiger partial charge on any atom is 0.254 e. The van der Waals surface area contributed by atoms with Gasteiger partial charge in [-0.3, -0.25) is 9.59 Å². The monoisotopic (exact) mass is 267 g/mol. The van der Waals surface area contributed by atoms with Crippen LogP contribution in [0.2, 0.25) is 5.02 Å². The molecule has 1 heterocycles. The lowest BCUT2D eigenvalue weighted by atomic mass is 10.1. The van der Waals surface area contributed by atoms with Gasteiger partial charge in [-0.2, -0.15) is 0 Å². The Hall–Kier alpha value is -1.75. The molecule has 1 aromatic rings. The lowest BCUT2D eigenvalue weighted by Gasteiger charge is -2.13. The van der Waals surface area contributed by atoms with Crippen molar-refractivity contribution in [3.63, 3.8) is 0 Å². The average Bonchev–Trinajstić information content (AvgIpc) is 2.64. The molecule has 1 saturated heterocycles. The van der Waals surface area contributed by atoms with Gasteiger partial charge < -0.3 is 16.0 Å². The predicted octanol–water partition coefficient (Wildman–Crippen LogP) is 0.883. The topological polar surface area (TPSA) is 75.4 Å². The van der Waals surface area contributed by atoms with Crippen molar-refractivity contribution in [1.29, 1.82) is 0 Å². The van der Waals surface area contributed by atoms with Gasteiger partial charge in [-0.25, -0.2) is 0 Å². The quantitative estimate of drug-likeness (QED) is 0.781. The molecule has 0 aliphatic carbocycles. The number of benzene rings is 1. The largest absolute Gasteiger partial charge is 0.398 e. The van der Waals surface area contributed by atoms with E-state index in [1.54, 1.807) is 24.1 Å². The van der Waals surface area contributed by atoms with Crippen LogP contribution in [0.5, 0.6) is 0 Å². The van der Waals surface area contributed by atoms with Gasteiger partial charge in [0.1, 0.15) is 6.04 Å². The van der Waals surface area contributed by atoms with E-state index in [9.17, 15) is 9.59 Å². The minimum absolute atomic E-state index is 0.0797. The lowest BCUT2D eigenvalue weighted by Crippen LogP contribution is -2.40. The van der Waals surface area contributed by atoms with Gasteiger partial charge in [0.05, 0.1) is 5.56 Å². The van der Waals surface area contributed by atoms with E-state index in [4.69, 9.17) is 17.3 Å². The molecule has 1 atom stereocenters. The van der Waals surface area contributed by atoms with Gasteiger partial charge in [-0.05, 0) is 24.6 Å². The van der Waals surface area contributed by atoms with Crippen molar-refractivity contribution in [3.05, 3.63) is 28.8 Å². The first-order valence-corrected chi connectivity index (χ1v) is 5.97. The maximum atomic E-state index is 12.0. The first-order chi connectivity index (χ1) is 8.49. The van der Waals surface area contributed by atoms with Gasteiger partial charge in [0.25, 0.3) is 5.91 Å². The Balaban J connectivity index is 2.13. The highest BCUT2D eigenvalue weighted by Crippen LogP contribution is 2.18. The van der Waals surface area contributed by atoms with Gasteiger partial charge in [0, 0.05) is 24.3 Å². The third-order valence-corrected chi connectivity index (χ3v) is 3.23. The molecular formula is C12H14ClN3O2. The van der Waals surface area contributed by atoms with E-state index in [1.165, 1.54) is 6.07 Å². The Labute approximate surface area is 110 Å². The molecule has 3 N–H and O–H groups in total. The fourth-order valence-electron chi connectivity index (χ4n) is 1.92. The van der Waals surface area contributed by atoms with Crippen molar-refractivity contribution < 1.29 is 9.59 Å². The van der Waals surface area contributed by atoms with Crippen LogP contribution >= 0.6 is 11.6 Å². The summed E-state index contributed by atoms with van der Waals surface area (Å²) in [6.07, 6.45) is 0.613. The number of anilines is 1. The van der Waals surface area contributed by atoms with E-state index in [-0.39, 0.29) is 11.8 Å². The molecule has 2 rings (SSSR count). The number of halogens is 1. The van der Waals surface area contributed by atoms with Gasteiger partial charge >= 0.3 is 0 Å². The van der Waals surface area contributed by atoms with Crippen molar-refractivity contribution in [3.8, 4) is 0 Å². The van der Waals surface area contributed by atoms with Crippen LogP contribution in [0.15, 0.2) is 18.2 Å². The number of nitrogens with two attached hydrogens (primary N) is 1. The average molecular weight is 268 g/mol. The van der Waals surface area contributed by atoms with Crippen LogP contribution in [0, 0.1) is 0 Å². The molecule has 0 aromatic heterocycles. The summed E-state index contributed by atoms with van der Waals surface area (Å²) in [5.41, 5.74) is 6.35. The minimum Gasteiger partial charge on any atom is -0.398 e. The van der Waals surface area contributed by atoms with Crippen molar-refractivity contribution in [1.82, 2.24) is 10.2 Å². The zero-order valence-corrected chi connectivity index (χ0v) is 10.7. The molecule has 2 amide bonds. The van der Waals surface area contributed by atoms with Gasteiger partial charge in [-0.15, -0.1) is 0 Å². The number of amides is 2. The Bertz CT molecular complexity index is 504. The van der Waals surface area contributed by atoms with Gasteiger partial charge in [0.15, 0.2) is 0 Å². The Kier molecular flexibility index (Phi) is 3.43. The van der Waals surface area contributed by atoms with Crippen molar-refractivity contribution in [2.75, 3.05) is 19.3 Å². The molecule has 18 heavy (non-hydrogen) atoms. The summed E-state index contributed by atoms with van der Waals surface area (Å²) in [5.74, 6) is -0.451. The molecule has 0 radical (unpaired) electrons. The summed E-state index contributed by atoms with van der Waals surface area (Å²) in [4.78, 5) is 25.3. The van der Waals surface area contributed by atoms with Gasteiger partial charge in [-0.1, -0.05) is 11.6 Å². The Morgan fingerprint density at radius 2 is 2.28 bits per heavy atom. The number of rotatable bonds is 2. The van der Waals surface area contributed by atoms with Crippen LogP contribution in [0.25, 0.3) is 0 Å². The fourth-order valence-corrected chi connectivity index (χ4v) is 2.09. The van der Waals surface area contributed by atoms with E-state index in [2.05, 4.69) is 5.32 Å². The number of likely N-dealkylation sites (N-methyl/N-ethyl adjacent to an activating group) is 1. The predicted molar refractivity (Wildman–Crippen MR) is 69.4 cm³/mol. The summed E-state index contributed by atoms with van der Waals surface area (Å²) in [5, 5.41) is 3.11. The molecule has 6 heteroatoms. The van der Waals surface area contributed by atoms with Crippen LogP contribution in [-0.4, -0.2) is 36.3 Å². The molecule has 1 aliphatic rings. The van der Waals surface area contributed by atoms with Gasteiger partial charge in [0.2, 0.25) is 5.91 Å². The number of carbonyl (C=O) groups is 2. The highest BCUT2D eigenvalue weighted by molar-refractivity contribution is 6.31.